The number of carbonyl (C=O) groups excluding carboxylic acids is 1. The van der Waals surface area contributed by atoms with Crippen LogP contribution in [-0.2, 0) is 11.2 Å². The van der Waals surface area contributed by atoms with E-state index in [4.69, 9.17) is 0 Å². The van der Waals surface area contributed by atoms with E-state index in [0.717, 1.165) is 12.0 Å². The van der Waals surface area contributed by atoms with Crippen LogP contribution >= 0.6 is 0 Å². The van der Waals surface area contributed by atoms with Crippen LogP contribution in [0.5, 0.6) is 5.88 Å². The van der Waals surface area contributed by atoms with E-state index in [2.05, 4.69) is 17.1 Å². The number of amides is 1. The molecule has 1 aliphatic rings. The zero-order chi connectivity index (χ0) is 20.5. The van der Waals surface area contributed by atoms with Gasteiger partial charge >= 0.3 is 0 Å². The van der Waals surface area contributed by atoms with Crippen LogP contribution in [0.25, 0.3) is 11.8 Å². The van der Waals surface area contributed by atoms with Gasteiger partial charge in [0.2, 0.25) is 5.88 Å². The Morgan fingerprint density at radius 3 is 2.38 bits per heavy atom. The van der Waals surface area contributed by atoms with E-state index in [-0.39, 0.29) is 22.9 Å². The Balaban J connectivity index is 1.72. The van der Waals surface area contributed by atoms with Crippen LogP contribution in [-0.4, -0.2) is 26.5 Å². The predicted molar refractivity (Wildman–Crippen MR) is 112 cm³/mol. The third-order valence-electron chi connectivity index (χ3n) is 4.87. The lowest BCUT2D eigenvalue weighted by molar-refractivity contribution is -0.114. The molecule has 1 amide bonds. The lowest BCUT2D eigenvalue weighted by atomic mass is 10.1. The average Bonchev–Trinajstić information content (AvgIpc) is 3.19. The van der Waals surface area contributed by atoms with Crippen molar-refractivity contribution >= 4 is 23.4 Å². The smallest absolute Gasteiger partial charge is 0.280 e. The number of anilines is 1. The number of carbonyl (C=O) groups is 1. The molecule has 1 aromatic heterocycles. The highest BCUT2D eigenvalue weighted by Gasteiger charge is 2.29. The number of hydrazone groups is 1. The van der Waals surface area contributed by atoms with Gasteiger partial charge < -0.3 is 5.11 Å². The normalized spacial score (nSPS) is 15.2. The maximum absolute atomic E-state index is 12.8. The molecule has 0 aliphatic carbocycles. The molecule has 1 aliphatic heterocycles. The molecule has 2 N–H and O–H groups in total. The van der Waals surface area contributed by atoms with Gasteiger partial charge in [0.25, 0.3) is 11.5 Å². The summed E-state index contributed by atoms with van der Waals surface area (Å²) < 4.78 is 1.30. The van der Waals surface area contributed by atoms with Gasteiger partial charge in [-0.05, 0) is 49.2 Å². The fraction of sp³-hybridized carbons (Fsp3) is 0.136. The maximum atomic E-state index is 12.8. The lowest BCUT2D eigenvalue weighted by Crippen LogP contribution is -2.21. The second kappa shape index (κ2) is 7.27. The van der Waals surface area contributed by atoms with Gasteiger partial charge in [-0.25, -0.2) is 4.68 Å². The molecule has 0 spiro atoms. The zero-order valence-electron chi connectivity index (χ0n) is 16.1. The van der Waals surface area contributed by atoms with E-state index in [1.54, 1.807) is 19.1 Å². The number of para-hydroxylation sites is 1. The van der Waals surface area contributed by atoms with E-state index in [1.807, 2.05) is 42.5 Å². The molecular weight excluding hydrogens is 368 g/mol. The van der Waals surface area contributed by atoms with E-state index in [9.17, 15) is 14.7 Å². The van der Waals surface area contributed by atoms with Gasteiger partial charge in [0.1, 0.15) is 5.56 Å². The number of hydrogen-bond acceptors (Lipinski definition) is 4. The molecule has 146 valence electrons. The first kappa shape index (κ1) is 18.5. The van der Waals surface area contributed by atoms with Crippen LogP contribution in [0.1, 0.15) is 25.0 Å². The summed E-state index contributed by atoms with van der Waals surface area (Å²) in [5.74, 6) is -0.613. The number of hydrogen-bond donors (Lipinski definition) is 2. The first-order chi connectivity index (χ1) is 14.0. The van der Waals surface area contributed by atoms with Crippen LogP contribution in [0.3, 0.4) is 0 Å². The number of nitrogens with zero attached hydrogens (tertiary/aromatic N) is 3. The SMILES string of the molecule is CCc1ccc(-n2[nH]c(=O)c(C=C3C(=O)N(c4ccccc4)N=C3C)c2O)cc1. The Labute approximate surface area is 167 Å². The number of aryl methyl sites for hydroxylation is 1. The quantitative estimate of drug-likeness (QED) is 0.672. The summed E-state index contributed by atoms with van der Waals surface area (Å²) in [4.78, 5) is 25.3. The summed E-state index contributed by atoms with van der Waals surface area (Å²) in [6.07, 6.45) is 2.28. The van der Waals surface area contributed by atoms with Crippen LogP contribution in [0.2, 0.25) is 0 Å². The molecule has 7 nitrogen and oxygen atoms in total. The van der Waals surface area contributed by atoms with Crippen LogP contribution in [0.15, 0.2) is 70.1 Å². The number of nitrogens with one attached hydrogen (secondary N) is 1. The molecule has 0 atom stereocenters. The highest BCUT2D eigenvalue weighted by molar-refractivity contribution is 6.32. The van der Waals surface area contributed by atoms with Crippen molar-refractivity contribution in [2.75, 3.05) is 5.01 Å². The molecule has 29 heavy (non-hydrogen) atoms. The topological polar surface area (TPSA) is 90.7 Å². The Kier molecular flexibility index (Phi) is 4.64. The van der Waals surface area contributed by atoms with Crippen molar-refractivity contribution in [2.45, 2.75) is 20.3 Å². The monoisotopic (exact) mass is 388 g/mol. The first-order valence-electron chi connectivity index (χ1n) is 9.29. The Morgan fingerprint density at radius 2 is 1.72 bits per heavy atom. The second-order valence-electron chi connectivity index (χ2n) is 6.73. The van der Waals surface area contributed by atoms with Crippen molar-refractivity contribution in [3.63, 3.8) is 0 Å². The molecule has 0 fully saturated rings. The Hall–Kier alpha value is -3.87. The van der Waals surface area contributed by atoms with E-state index < -0.39 is 5.56 Å². The highest BCUT2D eigenvalue weighted by Crippen LogP contribution is 2.27. The number of aromatic hydroxyl groups is 1. The summed E-state index contributed by atoms with van der Waals surface area (Å²) >= 11 is 0. The molecule has 0 unspecified atom stereocenters. The summed E-state index contributed by atoms with van der Waals surface area (Å²) in [7, 11) is 0. The van der Waals surface area contributed by atoms with Gasteiger partial charge in [-0.1, -0.05) is 37.3 Å². The summed E-state index contributed by atoms with van der Waals surface area (Å²) in [5.41, 5.74) is 2.65. The number of benzene rings is 2. The molecular formula is C22H20N4O3. The molecule has 3 aromatic rings. The minimum atomic E-state index is -0.492. The third-order valence-corrected chi connectivity index (χ3v) is 4.87. The summed E-state index contributed by atoms with van der Waals surface area (Å²) in [5, 5.41) is 18.8. The molecule has 0 saturated heterocycles. The molecule has 4 rings (SSSR count). The fourth-order valence-electron chi connectivity index (χ4n) is 3.21. The van der Waals surface area contributed by atoms with Crippen molar-refractivity contribution in [3.05, 3.63) is 81.7 Å². The van der Waals surface area contributed by atoms with Gasteiger partial charge in [0.05, 0.1) is 22.7 Å². The largest absolute Gasteiger partial charge is 0.493 e. The number of rotatable bonds is 4. The van der Waals surface area contributed by atoms with Crippen molar-refractivity contribution in [1.29, 1.82) is 0 Å². The van der Waals surface area contributed by atoms with Crippen molar-refractivity contribution < 1.29 is 9.90 Å². The van der Waals surface area contributed by atoms with E-state index in [0.29, 0.717) is 17.1 Å². The van der Waals surface area contributed by atoms with E-state index >= 15 is 0 Å². The minimum Gasteiger partial charge on any atom is -0.493 e. The minimum absolute atomic E-state index is 0.0115. The molecule has 0 saturated carbocycles. The predicted octanol–water partition coefficient (Wildman–Crippen LogP) is 3.24. The fourth-order valence-corrected chi connectivity index (χ4v) is 3.21. The first-order valence-corrected chi connectivity index (χ1v) is 9.29. The summed E-state index contributed by atoms with van der Waals surface area (Å²) in [6, 6.07) is 16.5. The average molecular weight is 388 g/mol. The molecule has 7 heteroatoms. The number of H-pyrrole nitrogens is 1. The van der Waals surface area contributed by atoms with Crippen molar-refractivity contribution in [2.24, 2.45) is 5.10 Å². The lowest BCUT2D eigenvalue weighted by Gasteiger charge is -2.10. The second-order valence-corrected chi connectivity index (χ2v) is 6.73. The highest BCUT2D eigenvalue weighted by atomic mass is 16.3. The van der Waals surface area contributed by atoms with Crippen molar-refractivity contribution in [3.8, 4) is 11.6 Å². The molecule has 0 radical (unpaired) electrons. The Morgan fingerprint density at radius 1 is 1.03 bits per heavy atom. The third kappa shape index (κ3) is 3.27. The molecule has 2 aromatic carbocycles. The van der Waals surface area contributed by atoms with Gasteiger partial charge in [-0.2, -0.15) is 10.1 Å². The number of aromatic amines is 1. The van der Waals surface area contributed by atoms with Gasteiger partial charge in [0.15, 0.2) is 0 Å². The molecule has 2 heterocycles. The summed E-state index contributed by atoms with van der Waals surface area (Å²) in [6.45, 7) is 3.74. The van der Waals surface area contributed by atoms with Gasteiger partial charge in [0, 0.05) is 0 Å². The standard InChI is InChI=1S/C22H20N4O3/c1-3-15-9-11-17(12-10-15)26-22(29)19(20(27)24-26)13-18-14(2)23-25(21(18)28)16-7-5-4-6-8-16/h4-13,29H,3H2,1-2H3,(H,24,27). The van der Waals surface area contributed by atoms with Crippen molar-refractivity contribution in [1.82, 2.24) is 9.78 Å². The van der Waals surface area contributed by atoms with Crippen LogP contribution in [0.4, 0.5) is 5.69 Å². The number of aromatic nitrogens is 2. The zero-order valence-corrected chi connectivity index (χ0v) is 16.1. The maximum Gasteiger partial charge on any atom is 0.280 e. The van der Waals surface area contributed by atoms with E-state index in [1.165, 1.54) is 15.8 Å². The van der Waals surface area contributed by atoms with Gasteiger partial charge in [-0.15, -0.1) is 0 Å². The van der Waals surface area contributed by atoms with Gasteiger partial charge in [-0.3, -0.25) is 14.7 Å². The van der Waals surface area contributed by atoms with Crippen LogP contribution in [0, 0.1) is 0 Å². The Bertz CT molecular complexity index is 1190. The van der Waals surface area contributed by atoms with Crippen LogP contribution < -0.4 is 10.6 Å². The molecule has 0 bridgehead atoms.